The fraction of sp³-hybridized carbons (Fsp3) is 0.750. The standard InChI is InChI=1S/C16H26N4O2/c17-15(21)10-16(22)7-3-9-19(12-16)11-14-6-8-18-20(14)13-4-1-2-5-13/h6,8,13,22H,1-5,7,9-12H2,(H2,17,21). The zero-order valence-corrected chi connectivity index (χ0v) is 13.1. The number of likely N-dealkylation sites (tertiary alicyclic amines) is 1. The van der Waals surface area contributed by atoms with Crippen molar-refractivity contribution in [2.75, 3.05) is 13.1 Å². The average molecular weight is 306 g/mol. The molecule has 1 aromatic rings. The van der Waals surface area contributed by atoms with Crippen LogP contribution >= 0.6 is 0 Å². The third-order valence-corrected chi connectivity index (χ3v) is 4.95. The lowest BCUT2D eigenvalue weighted by Gasteiger charge is -2.38. The van der Waals surface area contributed by atoms with E-state index in [1.807, 2.05) is 6.20 Å². The van der Waals surface area contributed by atoms with E-state index < -0.39 is 11.5 Å². The van der Waals surface area contributed by atoms with Crippen LogP contribution in [0.1, 0.15) is 56.7 Å². The molecule has 1 aromatic heterocycles. The van der Waals surface area contributed by atoms with Crippen molar-refractivity contribution >= 4 is 5.91 Å². The summed E-state index contributed by atoms with van der Waals surface area (Å²) in [6.45, 7) is 2.22. The highest BCUT2D eigenvalue weighted by molar-refractivity contribution is 5.75. The van der Waals surface area contributed by atoms with Gasteiger partial charge in [0, 0.05) is 19.3 Å². The van der Waals surface area contributed by atoms with E-state index in [9.17, 15) is 9.90 Å². The minimum Gasteiger partial charge on any atom is -0.388 e. The minimum atomic E-state index is -0.970. The normalized spacial score (nSPS) is 27.3. The Morgan fingerprint density at radius 3 is 2.91 bits per heavy atom. The Labute approximate surface area is 131 Å². The number of nitrogens with two attached hydrogens (primary N) is 1. The van der Waals surface area contributed by atoms with Crippen LogP contribution in [0.2, 0.25) is 0 Å². The van der Waals surface area contributed by atoms with Crippen LogP contribution in [0.5, 0.6) is 0 Å². The van der Waals surface area contributed by atoms with Crippen LogP contribution in [0.25, 0.3) is 0 Å². The summed E-state index contributed by atoms with van der Waals surface area (Å²) in [5, 5.41) is 15.1. The third-order valence-electron chi connectivity index (χ3n) is 4.95. The van der Waals surface area contributed by atoms with Crippen LogP contribution in [-0.4, -0.2) is 44.4 Å². The lowest BCUT2D eigenvalue weighted by molar-refractivity contribution is -0.125. The molecule has 0 spiro atoms. The Hall–Kier alpha value is -1.40. The summed E-state index contributed by atoms with van der Waals surface area (Å²) in [4.78, 5) is 13.4. The smallest absolute Gasteiger partial charge is 0.220 e. The SMILES string of the molecule is NC(=O)CC1(O)CCCN(Cc2ccnn2C2CCCC2)C1. The predicted molar refractivity (Wildman–Crippen MR) is 83.0 cm³/mol. The van der Waals surface area contributed by atoms with Crippen molar-refractivity contribution in [3.8, 4) is 0 Å². The zero-order valence-electron chi connectivity index (χ0n) is 13.1. The minimum absolute atomic E-state index is 0.0470. The number of hydrogen-bond donors (Lipinski definition) is 2. The van der Waals surface area contributed by atoms with Crippen molar-refractivity contribution in [3.63, 3.8) is 0 Å². The number of aromatic nitrogens is 2. The monoisotopic (exact) mass is 306 g/mol. The zero-order chi connectivity index (χ0) is 15.6. The van der Waals surface area contributed by atoms with Crippen LogP contribution < -0.4 is 5.73 Å². The number of nitrogens with zero attached hydrogens (tertiary/aromatic N) is 3. The molecule has 1 aliphatic carbocycles. The fourth-order valence-corrected chi connectivity index (χ4v) is 3.98. The van der Waals surface area contributed by atoms with Crippen molar-refractivity contribution in [2.45, 2.75) is 63.1 Å². The van der Waals surface area contributed by atoms with E-state index in [2.05, 4.69) is 20.7 Å². The molecule has 3 rings (SSSR count). The van der Waals surface area contributed by atoms with E-state index in [4.69, 9.17) is 5.73 Å². The summed E-state index contributed by atoms with van der Waals surface area (Å²) in [5.41, 5.74) is 5.50. The van der Waals surface area contributed by atoms with Crippen molar-refractivity contribution in [3.05, 3.63) is 18.0 Å². The Balaban J connectivity index is 1.65. The molecule has 6 nitrogen and oxygen atoms in total. The molecule has 6 heteroatoms. The lowest BCUT2D eigenvalue weighted by atomic mass is 9.89. The van der Waals surface area contributed by atoms with Gasteiger partial charge in [-0.15, -0.1) is 0 Å². The number of aliphatic hydroxyl groups is 1. The highest BCUT2D eigenvalue weighted by Crippen LogP contribution is 2.31. The lowest BCUT2D eigenvalue weighted by Crippen LogP contribution is -2.49. The van der Waals surface area contributed by atoms with Gasteiger partial charge >= 0.3 is 0 Å². The van der Waals surface area contributed by atoms with Gasteiger partial charge in [0.25, 0.3) is 0 Å². The Kier molecular flexibility index (Phi) is 4.49. The molecular weight excluding hydrogens is 280 g/mol. The molecule has 1 amide bonds. The van der Waals surface area contributed by atoms with Gasteiger partial charge in [-0.2, -0.15) is 5.10 Å². The fourth-order valence-electron chi connectivity index (χ4n) is 3.98. The van der Waals surface area contributed by atoms with Gasteiger partial charge in [0.15, 0.2) is 0 Å². The summed E-state index contributed by atoms with van der Waals surface area (Å²) in [7, 11) is 0. The van der Waals surface area contributed by atoms with Gasteiger partial charge < -0.3 is 10.8 Å². The first-order chi connectivity index (χ1) is 10.6. The van der Waals surface area contributed by atoms with Gasteiger partial charge in [-0.1, -0.05) is 12.8 Å². The maximum Gasteiger partial charge on any atom is 0.220 e. The second-order valence-electron chi connectivity index (χ2n) is 6.89. The van der Waals surface area contributed by atoms with Crippen LogP contribution in [0, 0.1) is 0 Å². The Morgan fingerprint density at radius 2 is 2.18 bits per heavy atom. The molecule has 22 heavy (non-hydrogen) atoms. The number of amides is 1. The number of β-amino-alcohol motifs (C(OH)–C–C–N with tert-alkyl or cyclic N) is 1. The van der Waals surface area contributed by atoms with Gasteiger partial charge in [-0.25, -0.2) is 0 Å². The Morgan fingerprint density at radius 1 is 1.41 bits per heavy atom. The van der Waals surface area contributed by atoms with E-state index in [1.165, 1.54) is 31.4 Å². The van der Waals surface area contributed by atoms with Gasteiger partial charge in [-0.3, -0.25) is 14.4 Å². The number of primary amides is 1. The number of carbonyl (C=O) groups excluding carboxylic acids is 1. The second kappa shape index (κ2) is 6.38. The highest BCUT2D eigenvalue weighted by Gasteiger charge is 2.35. The first-order valence-corrected chi connectivity index (χ1v) is 8.31. The molecule has 3 N–H and O–H groups in total. The molecule has 2 heterocycles. The quantitative estimate of drug-likeness (QED) is 0.856. The number of carbonyl (C=O) groups is 1. The van der Waals surface area contributed by atoms with Crippen molar-refractivity contribution < 1.29 is 9.90 Å². The van der Waals surface area contributed by atoms with Crippen LogP contribution in [-0.2, 0) is 11.3 Å². The van der Waals surface area contributed by atoms with Crippen molar-refractivity contribution in [1.82, 2.24) is 14.7 Å². The molecule has 1 aliphatic heterocycles. The van der Waals surface area contributed by atoms with E-state index in [1.54, 1.807) is 0 Å². The second-order valence-corrected chi connectivity index (χ2v) is 6.89. The molecule has 1 saturated carbocycles. The molecule has 0 radical (unpaired) electrons. The molecule has 1 atom stereocenters. The van der Waals surface area contributed by atoms with E-state index in [-0.39, 0.29) is 6.42 Å². The predicted octanol–water partition coefficient (Wildman–Crippen LogP) is 1.20. The summed E-state index contributed by atoms with van der Waals surface area (Å²) < 4.78 is 2.16. The highest BCUT2D eigenvalue weighted by atomic mass is 16.3. The van der Waals surface area contributed by atoms with E-state index in [0.717, 1.165) is 19.5 Å². The molecule has 1 saturated heterocycles. The summed E-state index contributed by atoms with van der Waals surface area (Å²) in [6, 6.07) is 2.60. The first-order valence-electron chi connectivity index (χ1n) is 8.31. The average Bonchev–Trinajstić information content (AvgIpc) is 3.07. The molecular formula is C16H26N4O2. The van der Waals surface area contributed by atoms with Crippen LogP contribution in [0.15, 0.2) is 12.3 Å². The molecule has 2 fully saturated rings. The van der Waals surface area contributed by atoms with E-state index >= 15 is 0 Å². The molecule has 122 valence electrons. The van der Waals surface area contributed by atoms with Gasteiger partial charge in [-0.05, 0) is 38.3 Å². The van der Waals surface area contributed by atoms with Gasteiger partial charge in [0.2, 0.25) is 5.91 Å². The molecule has 2 aliphatic rings. The first kappa shape index (κ1) is 15.5. The topological polar surface area (TPSA) is 84.4 Å². The van der Waals surface area contributed by atoms with Gasteiger partial charge in [0.05, 0.1) is 23.8 Å². The Bertz CT molecular complexity index is 524. The number of rotatable bonds is 5. The maximum atomic E-state index is 11.2. The van der Waals surface area contributed by atoms with Gasteiger partial charge in [0.1, 0.15) is 0 Å². The molecule has 0 bridgehead atoms. The van der Waals surface area contributed by atoms with Crippen molar-refractivity contribution in [1.29, 1.82) is 0 Å². The molecule has 1 unspecified atom stereocenters. The summed E-state index contributed by atoms with van der Waals surface area (Å²) >= 11 is 0. The largest absolute Gasteiger partial charge is 0.388 e. The maximum absolute atomic E-state index is 11.2. The number of piperidine rings is 1. The molecule has 0 aromatic carbocycles. The van der Waals surface area contributed by atoms with Crippen LogP contribution in [0.3, 0.4) is 0 Å². The van der Waals surface area contributed by atoms with Crippen LogP contribution in [0.4, 0.5) is 0 Å². The summed E-state index contributed by atoms with van der Waals surface area (Å²) in [5.74, 6) is -0.430. The van der Waals surface area contributed by atoms with Crippen molar-refractivity contribution in [2.24, 2.45) is 5.73 Å². The third kappa shape index (κ3) is 3.50. The summed E-state index contributed by atoms with van der Waals surface area (Å²) in [6.07, 6.45) is 8.44. The number of hydrogen-bond acceptors (Lipinski definition) is 4. The van der Waals surface area contributed by atoms with E-state index in [0.29, 0.717) is 19.0 Å².